The molecule has 0 saturated carbocycles. The van der Waals surface area contributed by atoms with E-state index < -0.39 is 18.4 Å². The van der Waals surface area contributed by atoms with E-state index in [-0.39, 0.29) is 6.10 Å². The third kappa shape index (κ3) is 5.36. The van der Waals surface area contributed by atoms with Crippen molar-refractivity contribution in [2.24, 2.45) is 0 Å². The molecule has 0 aromatic heterocycles. The average Bonchev–Trinajstić information content (AvgIpc) is 2.48. The van der Waals surface area contributed by atoms with Crippen molar-refractivity contribution in [1.82, 2.24) is 0 Å². The van der Waals surface area contributed by atoms with Crippen LogP contribution in [-0.2, 0) is 0 Å². The standard InChI is InChI=1S/C6H9O.3C4H9.Sn/c7-6-4-2-1-3-5-6;3*1-3-4-2;/h1-2,4,6-7H,3,5H2;3*1,3-4H2,2H3;. The minimum absolute atomic E-state index is 0.0126. The maximum atomic E-state index is 10.6. The van der Waals surface area contributed by atoms with Gasteiger partial charge in [0, 0.05) is 0 Å². The fourth-order valence-corrected chi connectivity index (χ4v) is 22.3. The topological polar surface area (TPSA) is 20.2 Å². The molecule has 0 aromatic carbocycles. The number of rotatable bonds is 10. The molecule has 0 radical (unpaired) electrons. The van der Waals surface area contributed by atoms with Crippen molar-refractivity contribution >= 4 is 18.4 Å². The van der Waals surface area contributed by atoms with Crippen molar-refractivity contribution < 1.29 is 5.11 Å². The molecule has 1 aliphatic rings. The van der Waals surface area contributed by atoms with Crippen molar-refractivity contribution in [3.05, 3.63) is 12.2 Å². The van der Waals surface area contributed by atoms with Crippen LogP contribution in [0.2, 0.25) is 17.2 Å². The molecule has 2 unspecified atom stereocenters. The van der Waals surface area contributed by atoms with Gasteiger partial charge in [0.15, 0.2) is 0 Å². The average molecular weight is 387 g/mol. The van der Waals surface area contributed by atoms with Gasteiger partial charge in [0.05, 0.1) is 0 Å². The zero-order chi connectivity index (χ0) is 14.8. The van der Waals surface area contributed by atoms with Crippen molar-refractivity contribution in [2.45, 2.75) is 95.5 Å². The second-order valence-electron chi connectivity index (χ2n) is 6.77. The van der Waals surface area contributed by atoms with Crippen LogP contribution in [0.4, 0.5) is 0 Å². The molecule has 0 heterocycles. The van der Waals surface area contributed by atoms with Crippen LogP contribution in [-0.4, -0.2) is 29.6 Å². The van der Waals surface area contributed by atoms with E-state index in [1.165, 1.54) is 51.8 Å². The summed E-state index contributed by atoms with van der Waals surface area (Å²) in [7, 11) is 0. The number of unbranched alkanes of at least 4 members (excludes halogenated alkanes) is 3. The first kappa shape index (κ1) is 18.5. The number of aliphatic hydroxyl groups is 1. The second-order valence-corrected chi connectivity index (χ2v) is 20.7. The summed E-state index contributed by atoms with van der Waals surface area (Å²) in [5, 5.41) is 10.6. The van der Waals surface area contributed by atoms with Crippen LogP contribution in [0.15, 0.2) is 12.2 Å². The number of hydrogen-bond donors (Lipinski definition) is 1. The third-order valence-electron chi connectivity index (χ3n) is 5.18. The van der Waals surface area contributed by atoms with Gasteiger partial charge in [-0.15, -0.1) is 0 Å². The number of hydrogen-bond acceptors (Lipinski definition) is 1. The summed E-state index contributed by atoms with van der Waals surface area (Å²) in [6.45, 7) is 6.97. The summed E-state index contributed by atoms with van der Waals surface area (Å²) in [4.78, 5) is 0. The molecule has 118 valence electrons. The van der Waals surface area contributed by atoms with Crippen LogP contribution in [0, 0.1) is 0 Å². The van der Waals surface area contributed by atoms with Gasteiger partial charge in [0.25, 0.3) is 0 Å². The zero-order valence-corrected chi connectivity index (χ0v) is 16.9. The van der Waals surface area contributed by atoms with Gasteiger partial charge in [-0.05, 0) is 0 Å². The summed E-state index contributed by atoms with van der Waals surface area (Å²) in [6, 6.07) is 0. The predicted octanol–water partition coefficient (Wildman–Crippen LogP) is 5.92. The molecule has 1 aliphatic carbocycles. The molecule has 0 fully saturated rings. The molecule has 0 aromatic rings. The van der Waals surface area contributed by atoms with Crippen molar-refractivity contribution in [1.29, 1.82) is 0 Å². The fourth-order valence-electron chi connectivity index (χ4n) is 3.89. The second kappa shape index (κ2) is 10.3. The van der Waals surface area contributed by atoms with Gasteiger partial charge in [-0.25, -0.2) is 0 Å². The summed E-state index contributed by atoms with van der Waals surface area (Å²) in [6.07, 6.45) is 15.1. The van der Waals surface area contributed by atoms with Crippen LogP contribution < -0.4 is 0 Å². The van der Waals surface area contributed by atoms with Gasteiger partial charge in [-0.1, -0.05) is 0 Å². The quantitative estimate of drug-likeness (QED) is 0.365. The van der Waals surface area contributed by atoms with Gasteiger partial charge < -0.3 is 0 Å². The van der Waals surface area contributed by atoms with E-state index in [0.717, 1.165) is 12.8 Å². The molecule has 0 spiro atoms. The Balaban J connectivity index is 2.91. The van der Waals surface area contributed by atoms with Gasteiger partial charge >= 0.3 is 131 Å². The molecule has 20 heavy (non-hydrogen) atoms. The maximum absolute atomic E-state index is 10.6. The Morgan fingerprint density at radius 1 is 0.950 bits per heavy atom. The van der Waals surface area contributed by atoms with Crippen LogP contribution in [0.5, 0.6) is 0 Å². The molecule has 2 heteroatoms. The van der Waals surface area contributed by atoms with E-state index >= 15 is 0 Å². The molecular formula is C18H36OSn. The monoisotopic (exact) mass is 388 g/mol. The van der Waals surface area contributed by atoms with E-state index in [0.29, 0.717) is 3.93 Å². The first-order valence-corrected chi connectivity index (χ1v) is 16.7. The Morgan fingerprint density at radius 3 is 1.85 bits per heavy atom. The SMILES string of the molecule is CCC[CH2][Sn]([CH2]CCC)([CH2]CCC)[CH]1C=CCCC1O. The summed E-state index contributed by atoms with van der Waals surface area (Å²) in [5.74, 6) is 0. The Labute approximate surface area is 131 Å². The zero-order valence-electron chi connectivity index (χ0n) is 14.0. The summed E-state index contributed by atoms with van der Waals surface area (Å²) >= 11 is -2.24. The Hall–Kier alpha value is 0.499. The van der Waals surface area contributed by atoms with Crippen molar-refractivity contribution in [3.63, 3.8) is 0 Å². The normalized spacial score (nSPS) is 23.2. The molecule has 2 atom stereocenters. The van der Waals surface area contributed by atoms with E-state index in [1.54, 1.807) is 0 Å². The molecule has 1 nitrogen and oxygen atoms in total. The van der Waals surface area contributed by atoms with Gasteiger partial charge in [-0.3, -0.25) is 0 Å². The van der Waals surface area contributed by atoms with E-state index in [2.05, 4.69) is 32.9 Å². The molecule has 0 bridgehead atoms. The van der Waals surface area contributed by atoms with Gasteiger partial charge in [0.2, 0.25) is 0 Å². The number of allylic oxidation sites excluding steroid dienone is 1. The fraction of sp³-hybridized carbons (Fsp3) is 0.889. The first-order valence-electron chi connectivity index (χ1n) is 9.05. The van der Waals surface area contributed by atoms with Crippen LogP contribution >= 0.6 is 0 Å². The van der Waals surface area contributed by atoms with Crippen LogP contribution in [0.3, 0.4) is 0 Å². The Bertz CT molecular complexity index is 253. The summed E-state index contributed by atoms with van der Waals surface area (Å²) in [5.41, 5.74) is 0. The number of aliphatic hydroxyl groups excluding tert-OH is 1. The summed E-state index contributed by atoms with van der Waals surface area (Å²) < 4.78 is 5.15. The Morgan fingerprint density at radius 2 is 1.45 bits per heavy atom. The van der Waals surface area contributed by atoms with Crippen molar-refractivity contribution in [2.75, 3.05) is 0 Å². The molecule has 0 amide bonds. The first-order chi connectivity index (χ1) is 9.70. The van der Waals surface area contributed by atoms with E-state index in [9.17, 15) is 5.11 Å². The molecular weight excluding hydrogens is 351 g/mol. The molecule has 0 aliphatic heterocycles. The predicted molar refractivity (Wildman–Crippen MR) is 93.0 cm³/mol. The van der Waals surface area contributed by atoms with Gasteiger partial charge in [-0.2, -0.15) is 0 Å². The minimum atomic E-state index is -2.24. The van der Waals surface area contributed by atoms with E-state index in [1.807, 2.05) is 0 Å². The molecule has 0 saturated heterocycles. The van der Waals surface area contributed by atoms with Crippen LogP contribution in [0.1, 0.15) is 72.1 Å². The molecule has 1 N–H and O–H groups in total. The van der Waals surface area contributed by atoms with E-state index in [4.69, 9.17) is 0 Å². The molecule has 1 rings (SSSR count). The van der Waals surface area contributed by atoms with Gasteiger partial charge in [0.1, 0.15) is 0 Å². The van der Waals surface area contributed by atoms with Crippen LogP contribution in [0.25, 0.3) is 0 Å². The third-order valence-corrected chi connectivity index (χ3v) is 22.4. The Kier molecular flexibility index (Phi) is 9.52. The van der Waals surface area contributed by atoms with Crippen molar-refractivity contribution in [3.8, 4) is 0 Å².